The summed E-state index contributed by atoms with van der Waals surface area (Å²) in [7, 11) is 1.76. The zero-order valence-corrected chi connectivity index (χ0v) is 13.2. The lowest BCUT2D eigenvalue weighted by molar-refractivity contribution is -0.138. The largest absolute Gasteiger partial charge is 0.370 e. The first-order chi connectivity index (χ1) is 11.0. The second-order valence-corrected chi connectivity index (χ2v) is 5.73. The van der Waals surface area contributed by atoms with Gasteiger partial charge in [0.05, 0.1) is 31.5 Å². The van der Waals surface area contributed by atoms with Gasteiger partial charge in [0.1, 0.15) is 11.9 Å². The minimum absolute atomic E-state index is 0.0162. The van der Waals surface area contributed by atoms with Crippen molar-refractivity contribution in [3.8, 4) is 0 Å². The molecule has 0 spiro atoms. The lowest BCUT2D eigenvalue weighted by Crippen LogP contribution is -2.43. The minimum atomic E-state index is -0.235. The summed E-state index contributed by atoms with van der Waals surface area (Å²) in [6.07, 6.45) is 1.63. The molecule has 1 aliphatic rings. The number of aryl methyl sites for hydroxylation is 2. The molecule has 2 aromatic rings. The van der Waals surface area contributed by atoms with E-state index in [1.54, 1.807) is 41.9 Å². The van der Waals surface area contributed by atoms with Crippen LogP contribution in [0.25, 0.3) is 0 Å². The number of carbonyl (C=O) groups is 1. The quantitative estimate of drug-likeness (QED) is 0.858. The standard InChI is InChI=1S/C16H19FN4O2/c1-11-7-12(3-4-14(11)17)15-10-21(5-6-23-15)16(22)8-13-9-18-19-20(13)2/h3-4,7,9,15H,5-6,8,10H2,1-2H3. The summed E-state index contributed by atoms with van der Waals surface area (Å²) >= 11 is 0. The number of rotatable bonds is 3. The molecule has 0 aliphatic carbocycles. The van der Waals surface area contributed by atoms with Crippen LogP contribution in [-0.2, 0) is 23.0 Å². The van der Waals surface area contributed by atoms with Crippen LogP contribution in [0.15, 0.2) is 24.4 Å². The first-order valence-corrected chi connectivity index (χ1v) is 7.53. The first-order valence-electron chi connectivity index (χ1n) is 7.53. The SMILES string of the molecule is Cc1cc(C2CN(C(=O)Cc3cnnn3C)CCO2)ccc1F. The van der Waals surface area contributed by atoms with Gasteiger partial charge in [-0.3, -0.25) is 9.48 Å². The average molecular weight is 318 g/mol. The smallest absolute Gasteiger partial charge is 0.228 e. The Morgan fingerprint density at radius 1 is 1.48 bits per heavy atom. The summed E-state index contributed by atoms with van der Waals surface area (Å²) in [5.41, 5.74) is 2.25. The molecule has 1 aromatic carbocycles. The van der Waals surface area contributed by atoms with Crippen LogP contribution >= 0.6 is 0 Å². The molecule has 1 aromatic heterocycles. The lowest BCUT2D eigenvalue weighted by atomic mass is 10.0. The molecule has 0 saturated carbocycles. The summed E-state index contributed by atoms with van der Waals surface area (Å²) < 4.78 is 20.7. The van der Waals surface area contributed by atoms with Gasteiger partial charge in [0.15, 0.2) is 0 Å². The molecule has 1 unspecified atom stereocenters. The van der Waals surface area contributed by atoms with E-state index < -0.39 is 0 Å². The Hall–Kier alpha value is -2.28. The van der Waals surface area contributed by atoms with Crippen molar-refractivity contribution >= 4 is 5.91 Å². The lowest BCUT2D eigenvalue weighted by Gasteiger charge is -2.33. The van der Waals surface area contributed by atoms with Crippen molar-refractivity contribution in [2.24, 2.45) is 7.05 Å². The second-order valence-electron chi connectivity index (χ2n) is 5.73. The first kappa shape index (κ1) is 15.6. The molecule has 1 saturated heterocycles. The van der Waals surface area contributed by atoms with Crippen LogP contribution in [0.4, 0.5) is 4.39 Å². The van der Waals surface area contributed by atoms with Crippen LogP contribution in [0.3, 0.4) is 0 Å². The zero-order chi connectivity index (χ0) is 16.4. The summed E-state index contributed by atoms with van der Waals surface area (Å²) in [6.45, 7) is 3.21. The van der Waals surface area contributed by atoms with Gasteiger partial charge in [-0.05, 0) is 24.1 Å². The van der Waals surface area contributed by atoms with Gasteiger partial charge in [-0.15, -0.1) is 5.10 Å². The number of hydrogen-bond acceptors (Lipinski definition) is 4. The van der Waals surface area contributed by atoms with Gasteiger partial charge < -0.3 is 9.64 Å². The minimum Gasteiger partial charge on any atom is -0.370 e. The maximum atomic E-state index is 13.4. The molecular weight excluding hydrogens is 299 g/mol. The highest BCUT2D eigenvalue weighted by Crippen LogP contribution is 2.24. The summed E-state index contributed by atoms with van der Waals surface area (Å²) in [4.78, 5) is 14.2. The molecule has 3 rings (SSSR count). The zero-order valence-electron chi connectivity index (χ0n) is 13.2. The van der Waals surface area contributed by atoms with Gasteiger partial charge in [0, 0.05) is 13.6 Å². The van der Waals surface area contributed by atoms with Gasteiger partial charge >= 0.3 is 0 Å². The van der Waals surface area contributed by atoms with Crippen LogP contribution in [-0.4, -0.2) is 45.5 Å². The molecular formula is C16H19FN4O2. The van der Waals surface area contributed by atoms with Crippen LogP contribution < -0.4 is 0 Å². The van der Waals surface area contributed by atoms with Gasteiger partial charge in [-0.2, -0.15) is 0 Å². The number of amides is 1. The predicted molar refractivity (Wildman–Crippen MR) is 81.1 cm³/mol. The van der Waals surface area contributed by atoms with Crippen molar-refractivity contribution in [1.82, 2.24) is 19.9 Å². The van der Waals surface area contributed by atoms with E-state index in [-0.39, 0.29) is 24.2 Å². The molecule has 1 aliphatic heterocycles. The maximum Gasteiger partial charge on any atom is 0.228 e. The second kappa shape index (κ2) is 6.45. The molecule has 0 bridgehead atoms. The van der Waals surface area contributed by atoms with E-state index in [1.165, 1.54) is 6.07 Å². The third-order valence-electron chi connectivity index (χ3n) is 4.11. The van der Waals surface area contributed by atoms with Crippen molar-refractivity contribution in [1.29, 1.82) is 0 Å². The average Bonchev–Trinajstić information content (AvgIpc) is 2.95. The molecule has 6 nitrogen and oxygen atoms in total. The molecule has 7 heteroatoms. The van der Waals surface area contributed by atoms with Gasteiger partial charge in [0.2, 0.25) is 5.91 Å². The Morgan fingerprint density at radius 3 is 3.00 bits per heavy atom. The van der Waals surface area contributed by atoms with Crippen molar-refractivity contribution < 1.29 is 13.9 Å². The molecule has 1 atom stereocenters. The fourth-order valence-electron chi connectivity index (χ4n) is 2.68. The topological polar surface area (TPSA) is 60.2 Å². The molecule has 1 amide bonds. The molecule has 2 heterocycles. The van der Waals surface area contributed by atoms with E-state index in [1.807, 2.05) is 0 Å². The highest BCUT2D eigenvalue weighted by atomic mass is 19.1. The van der Waals surface area contributed by atoms with Gasteiger partial charge in [-0.25, -0.2) is 4.39 Å². The molecule has 23 heavy (non-hydrogen) atoms. The Morgan fingerprint density at radius 2 is 2.30 bits per heavy atom. The number of nitrogens with zero attached hydrogens (tertiary/aromatic N) is 4. The molecule has 122 valence electrons. The highest BCUT2D eigenvalue weighted by Gasteiger charge is 2.26. The number of aromatic nitrogens is 3. The Kier molecular flexibility index (Phi) is 4.38. The maximum absolute atomic E-state index is 13.4. The van der Waals surface area contributed by atoms with Crippen LogP contribution in [0.2, 0.25) is 0 Å². The third-order valence-corrected chi connectivity index (χ3v) is 4.11. The number of benzene rings is 1. The summed E-state index contributed by atoms with van der Waals surface area (Å²) in [5.74, 6) is -0.219. The van der Waals surface area contributed by atoms with Gasteiger partial charge in [-0.1, -0.05) is 17.3 Å². The van der Waals surface area contributed by atoms with E-state index in [0.717, 1.165) is 11.3 Å². The van der Waals surface area contributed by atoms with E-state index >= 15 is 0 Å². The number of halogens is 1. The van der Waals surface area contributed by atoms with Crippen molar-refractivity contribution in [2.45, 2.75) is 19.4 Å². The number of hydrogen-bond donors (Lipinski definition) is 0. The highest BCUT2D eigenvalue weighted by molar-refractivity contribution is 5.78. The number of morpholine rings is 1. The van der Waals surface area contributed by atoms with E-state index in [9.17, 15) is 9.18 Å². The predicted octanol–water partition coefficient (Wildman–Crippen LogP) is 1.41. The Labute approximate surface area is 133 Å². The Bertz CT molecular complexity index is 716. The van der Waals surface area contributed by atoms with Crippen molar-refractivity contribution in [3.63, 3.8) is 0 Å². The van der Waals surface area contributed by atoms with E-state index in [4.69, 9.17) is 4.74 Å². The van der Waals surface area contributed by atoms with Crippen molar-refractivity contribution in [2.75, 3.05) is 19.7 Å². The van der Waals surface area contributed by atoms with Gasteiger partial charge in [0.25, 0.3) is 0 Å². The monoisotopic (exact) mass is 318 g/mol. The van der Waals surface area contributed by atoms with Crippen molar-refractivity contribution in [3.05, 3.63) is 47.0 Å². The van der Waals surface area contributed by atoms with Crippen LogP contribution in [0, 0.1) is 12.7 Å². The third kappa shape index (κ3) is 3.39. The van der Waals surface area contributed by atoms with Crippen LogP contribution in [0.1, 0.15) is 22.9 Å². The Balaban J connectivity index is 1.69. The fraction of sp³-hybridized carbons (Fsp3) is 0.438. The number of carbonyl (C=O) groups excluding carboxylic acids is 1. The van der Waals surface area contributed by atoms with Crippen LogP contribution in [0.5, 0.6) is 0 Å². The molecule has 0 N–H and O–H groups in total. The fourth-order valence-corrected chi connectivity index (χ4v) is 2.68. The number of ether oxygens (including phenoxy) is 1. The summed E-state index contributed by atoms with van der Waals surface area (Å²) in [5, 5.41) is 7.61. The van der Waals surface area contributed by atoms with E-state index in [2.05, 4.69) is 10.3 Å². The normalized spacial score (nSPS) is 18.2. The molecule has 0 radical (unpaired) electrons. The van der Waals surface area contributed by atoms with E-state index in [0.29, 0.717) is 25.3 Å². The molecule has 1 fully saturated rings. The summed E-state index contributed by atoms with van der Waals surface area (Å²) in [6, 6.07) is 4.93.